The van der Waals surface area contributed by atoms with Crippen LogP contribution in [-0.2, 0) is 19.6 Å². The van der Waals surface area contributed by atoms with Gasteiger partial charge in [0.15, 0.2) is 0 Å². The van der Waals surface area contributed by atoms with Crippen molar-refractivity contribution in [3.8, 4) is 0 Å². The Hall–Kier alpha value is -1.93. The third-order valence-corrected chi connectivity index (χ3v) is 5.79. The molecule has 1 aromatic rings. The van der Waals surface area contributed by atoms with Crippen LogP contribution in [0, 0.1) is 5.92 Å². The van der Waals surface area contributed by atoms with Gasteiger partial charge in [0.1, 0.15) is 0 Å². The number of ether oxygens (including phenoxy) is 1. The number of carbonyl (C=O) groups excluding carboxylic acids is 2. The number of likely N-dealkylation sites (tertiary alicyclic amines) is 1. The lowest BCUT2D eigenvalue weighted by molar-refractivity contribution is -0.132. The maximum atomic E-state index is 12.3. The minimum Gasteiger partial charge on any atom is -0.462 e. The molecule has 0 bridgehead atoms. The van der Waals surface area contributed by atoms with Gasteiger partial charge in [0, 0.05) is 26.1 Å². The van der Waals surface area contributed by atoms with Crippen LogP contribution in [0.2, 0.25) is 0 Å². The van der Waals surface area contributed by atoms with E-state index in [2.05, 4.69) is 11.6 Å². The highest BCUT2D eigenvalue weighted by Crippen LogP contribution is 2.16. The molecule has 7 nitrogen and oxygen atoms in total. The van der Waals surface area contributed by atoms with Crippen molar-refractivity contribution in [3.63, 3.8) is 0 Å². The summed E-state index contributed by atoms with van der Waals surface area (Å²) >= 11 is 0. The van der Waals surface area contributed by atoms with E-state index in [9.17, 15) is 18.0 Å². The normalized spacial score (nSPS) is 17.8. The van der Waals surface area contributed by atoms with Crippen LogP contribution in [-0.4, -0.2) is 51.4 Å². The number of sulfonamides is 1. The predicted molar refractivity (Wildman–Crippen MR) is 97.2 cm³/mol. The summed E-state index contributed by atoms with van der Waals surface area (Å²) in [6.07, 6.45) is 2.25. The van der Waals surface area contributed by atoms with Gasteiger partial charge in [-0.05, 0) is 49.9 Å². The SMILES string of the molecule is CCOC(=O)c1ccc(S(=O)(=O)NCCC(=O)N2CCCC(C)C2)cc1. The summed E-state index contributed by atoms with van der Waals surface area (Å²) in [4.78, 5) is 25.6. The molecule has 2 rings (SSSR count). The molecular weight excluding hydrogens is 356 g/mol. The molecule has 1 aromatic carbocycles. The molecule has 0 aromatic heterocycles. The lowest BCUT2D eigenvalue weighted by atomic mass is 10.0. The molecule has 1 amide bonds. The van der Waals surface area contributed by atoms with E-state index in [1.807, 2.05) is 0 Å². The van der Waals surface area contributed by atoms with Gasteiger partial charge in [-0.25, -0.2) is 17.9 Å². The summed E-state index contributed by atoms with van der Waals surface area (Å²) < 4.78 is 31.9. The minimum absolute atomic E-state index is 0.0306. The summed E-state index contributed by atoms with van der Waals surface area (Å²) in [7, 11) is -3.73. The van der Waals surface area contributed by atoms with Crippen LogP contribution in [0.15, 0.2) is 29.2 Å². The monoisotopic (exact) mass is 382 g/mol. The van der Waals surface area contributed by atoms with E-state index in [1.165, 1.54) is 24.3 Å². The third-order valence-electron chi connectivity index (χ3n) is 4.32. The van der Waals surface area contributed by atoms with Crippen LogP contribution in [0.3, 0.4) is 0 Å². The molecule has 8 heteroatoms. The highest BCUT2D eigenvalue weighted by atomic mass is 32.2. The Morgan fingerprint density at radius 1 is 1.27 bits per heavy atom. The zero-order chi connectivity index (χ0) is 19.2. The molecule has 1 aliphatic heterocycles. The van der Waals surface area contributed by atoms with E-state index in [4.69, 9.17) is 4.74 Å². The second-order valence-electron chi connectivity index (χ2n) is 6.48. The number of nitrogens with zero attached hydrogens (tertiary/aromatic N) is 1. The number of carbonyl (C=O) groups is 2. The van der Waals surface area contributed by atoms with Gasteiger partial charge >= 0.3 is 5.97 Å². The zero-order valence-electron chi connectivity index (χ0n) is 15.2. The first-order chi connectivity index (χ1) is 12.3. The largest absolute Gasteiger partial charge is 0.462 e. The van der Waals surface area contributed by atoms with Crippen LogP contribution >= 0.6 is 0 Å². The first-order valence-electron chi connectivity index (χ1n) is 8.88. The van der Waals surface area contributed by atoms with Gasteiger partial charge in [-0.1, -0.05) is 6.92 Å². The van der Waals surface area contributed by atoms with Crippen molar-refractivity contribution in [2.75, 3.05) is 26.2 Å². The van der Waals surface area contributed by atoms with E-state index in [-0.39, 0.29) is 30.4 Å². The smallest absolute Gasteiger partial charge is 0.338 e. The summed E-state index contributed by atoms with van der Waals surface area (Å²) in [5.74, 6) is -0.0371. The number of hydrogen-bond donors (Lipinski definition) is 1. The van der Waals surface area contributed by atoms with Gasteiger partial charge < -0.3 is 9.64 Å². The fraction of sp³-hybridized carbons (Fsp3) is 0.556. The molecule has 1 saturated heterocycles. The lowest BCUT2D eigenvalue weighted by Gasteiger charge is -2.31. The Kier molecular flexibility index (Phi) is 7.16. The maximum absolute atomic E-state index is 12.3. The number of piperidine rings is 1. The van der Waals surface area contributed by atoms with Crippen molar-refractivity contribution in [3.05, 3.63) is 29.8 Å². The molecule has 1 unspecified atom stereocenters. The number of rotatable bonds is 7. The van der Waals surface area contributed by atoms with E-state index in [1.54, 1.807) is 11.8 Å². The highest BCUT2D eigenvalue weighted by Gasteiger charge is 2.21. The number of hydrogen-bond acceptors (Lipinski definition) is 5. The molecule has 0 aliphatic carbocycles. The molecule has 1 fully saturated rings. The molecule has 1 atom stereocenters. The van der Waals surface area contributed by atoms with Crippen LogP contribution < -0.4 is 4.72 Å². The maximum Gasteiger partial charge on any atom is 0.338 e. The first-order valence-corrected chi connectivity index (χ1v) is 10.4. The fourth-order valence-corrected chi connectivity index (χ4v) is 3.97. The molecule has 0 radical (unpaired) electrons. The number of amides is 1. The average Bonchev–Trinajstić information content (AvgIpc) is 2.62. The van der Waals surface area contributed by atoms with Crippen molar-refractivity contribution in [2.45, 2.75) is 38.0 Å². The Morgan fingerprint density at radius 2 is 1.96 bits per heavy atom. The molecule has 1 N–H and O–H groups in total. The van der Waals surface area contributed by atoms with Gasteiger partial charge in [-0.15, -0.1) is 0 Å². The Balaban J connectivity index is 1.88. The quantitative estimate of drug-likeness (QED) is 0.726. The van der Waals surface area contributed by atoms with Crippen molar-refractivity contribution in [2.24, 2.45) is 5.92 Å². The van der Waals surface area contributed by atoms with Crippen LogP contribution in [0.25, 0.3) is 0 Å². The fourth-order valence-electron chi connectivity index (χ4n) is 2.93. The highest BCUT2D eigenvalue weighted by molar-refractivity contribution is 7.89. The summed E-state index contributed by atoms with van der Waals surface area (Å²) in [6.45, 7) is 5.59. The summed E-state index contributed by atoms with van der Waals surface area (Å²) in [5, 5.41) is 0. The molecular formula is C18H26N2O5S. The van der Waals surface area contributed by atoms with Crippen molar-refractivity contribution in [1.29, 1.82) is 0 Å². The van der Waals surface area contributed by atoms with Crippen molar-refractivity contribution >= 4 is 21.9 Å². The second kappa shape index (κ2) is 9.14. The van der Waals surface area contributed by atoms with Crippen molar-refractivity contribution < 1.29 is 22.7 Å². The van der Waals surface area contributed by atoms with E-state index in [0.29, 0.717) is 11.5 Å². The van der Waals surface area contributed by atoms with Gasteiger partial charge in [-0.3, -0.25) is 4.79 Å². The van der Waals surface area contributed by atoms with Crippen molar-refractivity contribution in [1.82, 2.24) is 9.62 Å². The molecule has 0 saturated carbocycles. The molecule has 26 heavy (non-hydrogen) atoms. The molecule has 0 spiro atoms. The first kappa shape index (κ1) is 20.4. The van der Waals surface area contributed by atoms with E-state index < -0.39 is 16.0 Å². The number of esters is 1. The van der Waals surface area contributed by atoms with Crippen LogP contribution in [0.5, 0.6) is 0 Å². The van der Waals surface area contributed by atoms with Crippen LogP contribution in [0.1, 0.15) is 43.5 Å². The second-order valence-corrected chi connectivity index (χ2v) is 8.25. The Bertz CT molecular complexity index is 730. The molecule has 144 valence electrons. The third kappa shape index (κ3) is 5.54. The minimum atomic E-state index is -3.73. The summed E-state index contributed by atoms with van der Waals surface area (Å²) in [5.41, 5.74) is 0.292. The van der Waals surface area contributed by atoms with Gasteiger partial charge in [0.05, 0.1) is 17.1 Å². The molecule has 1 heterocycles. The van der Waals surface area contributed by atoms with Gasteiger partial charge in [0.25, 0.3) is 0 Å². The van der Waals surface area contributed by atoms with E-state index >= 15 is 0 Å². The lowest BCUT2D eigenvalue weighted by Crippen LogP contribution is -2.40. The number of nitrogens with one attached hydrogen (secondary N) is 1. The van der Waals surface area contributed by atoms with Crippen LogP contribution in [0.4, 0.5) is 0 Å². The van der Waals surface area contributed by atoms with E-state index in [0.717, 1.165) is 25.9 Å². The Morgan fingerprint density at radius 3 is 2.58 bits per heavy atom. The van der Waals surface area contributed by atoms with Gasteiger partial charge in [0.2, 0.25) is 15.9 Å². The average molecular weight is 382 g/mol. The topological polar surface area (TPSA) is 92.8 Å². The predicted octanol–water partition coefficient (Wildman–Crippen LogP) is 1.79. The number of benzene rings is 1. The van der Waals surface area contributed by atoms with Gasteiger partial charge in [-0.2, -0.15) is 0 Å². The summed E-state index contributed by atoms with van der Waals surface area (Å²) in [6, 6.07) is 5.52. The molecule has 1 aliphatic rings. The Labute approximate surface area is 154 Å². The standard InChI is InChI=1S/C18H26N2O5S/c1-3-25-18(22)15-6-8-16(9-7-15)26(23,24)19-11-10-17(21)20-12-4-5-14(2)13-20/h6-9,14,19H,3-5,10-13H2,1-2H3. The zero-order valence-corrected chi connectivity index (χ0v) is 16.0.